The highest BCUT2D eigenvalue weighted by atomic mass is 35.5. The fourth-order valence-electron chi connectivity index (χ4n) is 4.48. The van der Waals surface area contributed by atoms with E-state index in [0.29, 0.717) is 11.1 Å². The molecule has 9 nitrogen and oxygen atoms in total. The highest BCUT2D eigenvalue weighted by Gasteiger charge is 2.41. The molecule has 13 heteroatoms. The van der Waals surface area contributed by atoms with Gasteiger partial charge in [0.25, 0.3) is 5.56 Å². The third kappa shape index (κ3) is 6.28. The van der Waals surface area contributed by atoms with Crippen LogP contribution in [0, 0.1) is 16.7 Å². The minimum atomic E-state index is -4.53. The lowest BCUT2D eigenvalue weighted by Crippen LogP contribution is -2.36. The van der Waals surface area contributed by atoms with Gasteiger partial charge < -0.3 is 14.8 Å². The summed E-state index contributed by atoms with van der Waals surface area (Å²) in [4.78, 5) is 26.9. The van der Waals surface area contributed by atoms with Crippen LogP contribution in [-0.2, 0) is 16.0 Å². The molecule has 3 aromatic rings. The number of carbonyl (C=O) groups is 1. The Balaban J connectivity index is 1.80. The zero-order chi connectivity index (χ0) is 29.2. The van der Waals surface area contributed by atoms with Gasteiger partial charge in [-0.1, -0.05) is 17.7 Å². The number of anilines is 1. The van der Waals surface area contributed by atoms with Crippen molar-refractivity contribution in [1.82, 2.24) is 9.13 Å². The first-order valence-electron chi connectivity index (χ1n) is 12.3. The number of halogens is 4. The molecule has 3 N–H and O–H groups in total. The number of pyridine rings is 2. The van der Waals surface area contributed by atoms with Gasteiger partial charge in [-0.25, -0.2) is 0 Å². The van der Waals surface area contributed by atoms with Crippen LogP contribution in [0.25, 0.3) is 11.1 Å². The summed E-state index contributed by atoms with van der Waals surface area (Å²) in [7, 11) is 1.45. The number of amides is 1. The number of hydrogen-bond acceptors (Lipinski definition) is 6. The van der Waals surface area contributed by atoms with E-state index in [1.54, 1.807) is 6.92 Å². The monoisotopic (exact) mass is 577 g/mol. The van der Waals surface area contributed by atoms with E-state index < -0.39 is 42.3 Å². The number of aromatic nitrogens is 2. The van der Waals surface area contributed by atoms with Crippen LogP contribution in [0.5, 0.6) is 5.75 Å². The van der Waals surface area contributed by atoms with E-state index >= 15 is 0 Å². The quantitative estimate of drug-likeness (QED) is 0.280. The molecule has 0 fully saturated rings. The SMILES string of the molecule is COC(C)CC(C(=O)Nc1ccn(C=N)c(=N)c1)n1cc2c(cc1=O)-c1cc(Cl)ccc1CC(C(F)(F)F)CO2. The molecule has 3 heterocycles. The molecule has 40 heavy (non-hydrogen) atoms. The summed E-state index contributed by atoms with van der Waals surface area (Å²) in [5, 5.41) is 18.2. The van der Waals surface area contributed by atoms with Crippen LogP contribution in [-0.4, -0.2) is 47.4 Å². The lowest BCUT2D eigenvalue weighted by molar-refractivity contribution is -0.181. The number of fused-ring (bicyclic) bond motifs is 3. The molecule has 0 saturated heterocycles. The fraction of sp³-hybridized carbons (Fsp3) is 0.333. The van der Waals surface area contributed by atoms with Crippen molar-refractivity contribution in [3.63, 3.8) is 0 Å². The molecule has 0 radical (unpaired) electrons. The van der Waals surface area contributed by atoms with Gasteiger partial charge in [0.15, 0.2) is 0 Å². The number of hydrogen-bond donors (Lipinski definition) is 3. The van der Waals surface area contributed by atoms with E-state index in [-0.39, 0.29) is 40.4 Å². The van der Waals surface area contributed by atoms with Gasteiger partial charge in [0.1, 0.15) is 23.9 Å². The minimum Gasteiger partial charge on any atom is -0.491 e. The van der Waals surface area contributed by atoms with Gasteiger partial charge in [0, 0.05) is 48.1 Å². The summed E-state index contributed by atoms with van der Waals surface area (Å²) in [6, 6.07) is 7.42. The summed E-state index contributed by atoms with van der Waals surface area (Å²) >= 11 is 6.17. The molecule has 1 aromatic carbocycles. The summed E-state index contributed by atoms with van der Waals surface area (Å²) in [6.07, 6.45) is -1.69. The van der Waals surface area contributed by atoms with E-state index in [1.165, 1.54) is 60.5 Å². The Hall–Kier alpha value is -3.90. The average molecular weight is 578 g/mol. The molecule has 212 valence electrons. The van der Waals surface area contributed by atoms with Crippen molar-refractivity contribution < 1.29 is 27.4 Å². The lowest BCUT2D eigenvalue weighted by Gasteiger charge is -2.28. The van der Waals surface area contributed by atoms with Crippen molar-refractivity contribution in [2.24, 2.45) is 5.92 Å². The molecule has 0 aliphatic carbocycles. The largest absolute Gasteiger partial charge is 0.491 e. The Morgan fingerprint density at radius 3 is 2.67 bits per heavy atom. The van der Waals surface area contributed by atoms with E-state index in [4.69, 9.17) is 31.9 Å². The summed E-state index contributed by atoms with van der Waals surface area (Å²) in [6.45, 7) is 1.03. The zero-order valence-corrected chi connectivity index (χ0v) is 22.3. The van der Waals surface area contributed by atoms with Gasteiger partial charge in [-0.2, -0.15) is 13.2 Å². The van der Waals surface area contributed by atoms with Crippen LogP contribution >= 0.6 is 11.6 Å². The zero-order valence-electron chi connectivity index (χ0n) is 21.6. The van der Waals surface area contributed by atoms with E-state index in [1.807, 2.05) is 0 Å². The third-order valence-corrected chi connectivity index (χ3v) is 7.00. The van der Waals surface area contributed by atoms with Crippen molar-refractivity contribution in [3.05, 3.63) is 75.2 Å². The van der Waals surface area contributed by atoms with Crippen molar-refractivity contribution in [3.8, 4) is 16.9 Å². The summed E-state index contributed by atoms with van der Waals surface area (Å²) in [5.41, 5.74) is 0.608. The number of carbonyl (C=O) groups excluding carboxylic acids is 1. The number of nitrogens with zero attached hydrogens (tertiary/aromatic N) is 2. The van der Waals surface area contributed by atoms with Gasteiger partial charge in [-0.3, -0.25) is 29.5 Å². The van der Waals surface area contributed by atoms with Crippen molar-refractivity contribution in [2.75, 3.05) is 19.0 Å². The highest BCUT2D eigenvalue weighted by molar-refractivity contribution is 6.30. The minimum absolute atomic E-state index is 0.000108. The second-order valence-electron chi connectivity index (χ2n) is 9.48. The highest BCUT2D eigenvalue weighted by Crippen LogP contribution is 2.40. The van der Waals surface area contributed by atoms with Gasteiger partial charge in [-0.05, 0) is 42.7 Å². The van der Waals surface area contributed by atoms with Crippen LogP contribution in [0.15, 0.2) is 53.6 Å². The van der Waals surface area contributed by atoms with Crippen LogP contribution in [0.3, 0.4) is 0 Å². The average Bonchev–Trinajstić information content (AvgIpc) is 2.89. The number of methoxy groups -OCH3 is 1. The molecule has 0 spiro atoms. The second kappa shape index (κ2) is 11.7. The van der Waals surface area contributed by atoms with Crippen molar-refractivity contribution in [2.45, 2.75) is 38.1 Å². The maximum absolute atomic E-state index is 13.8. The number of nitrogens with one attached hydrogen (secondary N) is 3. The third-order valence-electron chi connectivity index (χ3n) is 6.76. The Morgan fingerprint density at radius 2 is 2.02 bits per heavy atom. The molecular weight excluding hydrogens is 551 g/mol. The Morgan fingerprint density at radius 1 is 1.27 bits per heavy atom. The molecule has 1 aliphatic heterocycles. The van der Waals surface area contributed by atoms with Crippen molar-refractivity contribution in [1.29, 1.82) is 10.8 Å². The molecule has 4 rings (SSSR count). The van der Waals surface area contributed by atoms with E-state index in [9.17, 15) is 22.8 Å². The number of alkyl halides is 3. The molecule has 0 bridgehead atoms. The molecule has 2 aromatic heterocycles. The topological polar surface area (TPSA) is 122 Å². The summed E-state index contributed by atoms with van der Waals surface area (Å²) < 4.78 is 54.7. The van der Waals surface area contributed by atoms with Gasteiger partial charge in [-0.15, -0.1) is 0 Å². The smallest absolute Gasteiger partial charge is 0.395 e. The van der Waals surface area contributed by atoms with E-state index in [2.05, 4.69) is 5.32 Å². The Bertz CT molecular complexity index is 1550. The molecule has 3 atom stereocenters. The first-order chi connectivity index (χ1) is 18.9. The van der Waals surface area contributed by atoms with Gasteiger partial charge in [0.05, 0.1) is 24.6 Å². The number of benzene rings is 1. The normalized spacial score (nSPS) is 16.4. The molecule has 3 unspecified atom stereocenters. The van der Waals surface area contributed by atoms with Crippen LogP contribution < -0.4 is 21.1 Å². The number of rotatable bonds is 7. The Kier molecular flexibility index (Phi) is 8.50. The maximum Gasteiger partial charge on any atom is 0.395 e. The van der Waals surface area contributed by atoms with Gasteiger partial charge >= 0.3 is 6.18 Å². The standard InChI is InChI=1S/C27H27ClF3N5O4/c1-15(39-2)7-22(26(38)34-19-5-6-35(14-32)24(33)10-19)36-12-23-21(11-25(36)37)20-9-18(28)4-3-16(20)8-17(13-40-23)27(29,30)31/h3-6,9-12,14-15,17,22,32-33H,7-8,13H2,1-2H3,(H,34,38). The lowest BCUT2D eigenvalue weighted by atomic mass is 9.91. The predicted octanol–water partition coefficient (Wildman–Crippen LogP) is 4.62. The van der Waals surface area contributed by atoms with Crippen molar-refractivity contribution >= 4 is 29.5 Å². The predicted molar refractivity (Wildman–Crippen MR) is 143 cm³/mol. The van der Waals surface area contributed by atoms with Crippen LogP contribution in [0.4, 0.5) is 18.9 Å². The molecule has 0 saturated carbocycles. The molecular formula is C27H27ClF3N5O4. The fourth-order valence-corrected chi connectivity index (χ4v) is 4.66. The molecule has 1 aliphatic rings. The molecule has 1 amide bonds. The second-order valence-corrected chi connectivity index (χ2v) is 9.91. The van der Waals surface area contributed by atoms with Crippen LogP contribution in [0.2, 0.25) is 5.02 Å². The van der Waals surface area contributed by atoms with E-state index in [0.717, 1.165) is 10.9 Å². The van der Waals surface area contributed by atoms with Crippen LogP contribution in [0.1, 0.15) is 24.9 Å². The maximum atomic E-state index is 13.8. The summed E-state index contributed by atoms with van der Waals surface area (Å²) in [5.74, 6) is -2.41. The van der Waals surface area contributed by atoms with Gasteiger partial charge in [0.2, 0.25) is 5.91 Å². The Labute approximate surface area is 232 Å². The first kappa shape index (κ1) is 29.1. The number of ether oxygens (including phenoxy) is 2. The first-order valence-corrected chi connectivity index (χ1v) is 12.6.